The maximum atomic E-state index is 12.8. The molecule has 0 N–H and O–H groups in total. The maximum Gasteiger partial charge on any atom is 0.306 e. The molecule has 0 heterocycles. The smallest absolute Gasteiger partial charge is 0.306 e. The van der Waals surface area contributed by atoms with Gasteiger partial charge in [0.05, 0.1) is 40.3 Å². The molecule has 60 heavy (non-hydrogen) atoms. The quantitative estimate of drug-likeness (QED) is 0.0261. The number of unbranched alkanes of at least 4 members (excludes halogenated alkanes) is 16. The molecule has 0 radical (unpaired) electrons. The second-order valence-corrected chi connectivity index (χ2v) is 17.0. The van der Waals surface area contributed by atoms with Crippen LogP contribution in [0.3, 0.4) is 0 Å². The van der Waals surface area contributed by atoms with Crippen LogP contribution in [0.1, 0.15) is 187 Å². The average molecular weight is 840 g/mol. The van der Waals surface area contributed by atoms with Gasteiger partial charge in [-0.15, -0.1) is 0 Å². The molecule has 0 bridgehead atoms. The molecule has 344 valence electrons. The van der Waals surface area contributed by atoms with Crippen LogP contribution in [0.25, 0.3) is 0 Å². The zero-order valence-corrected chi connectivity index (χ0v) is 39.1. The van der Waals surface area contributed by atoms with Gasteiger partial charge >= 0.3 is 11.9 Å². The van der Waals surface area contributed by atoms with Crippen LogP contribution in [-0.2, 0) is 28.6 Å². The van der Waals surface area contributed by atoms with E-state index >= 15 is 0 Å². The Morgan fingerprint density at radius 1 is 0.517 bits per heavy atom. The van der Waals surface area contributed by atoms with Gasteiger partial charge in [-0.3, -0.25) is 9.59 Å². The van der Waals surface area contributed by atoms with E-state index in [1.54, 1.807) is 21.1 Å². The van der Waals surface area contributed by atoms with Gasteiger partial charge in [-0.1, -0.05) is 164 Å². The molecule has 0 aliphatic heterocycles. The molecular formula is C52H89NO7. The highest BCUT2D eigenvalue weighted by Gasteiger charge is 2.25. The summed E-state index contributed by atoms with van der Waals surface area (Å²) in [6, 6.07) is -0.737. The molecule has 0 saturated heterocycles. The summed E-state index contributed by atoms with van der Waals surface area (Å²) in [6.45, 7) is 4.48. The van der Waals surface area contributed by atoms with Crippen molar-refractivity contribution >= 4 is 17.9 Å². The van der Waals surface area contributed by atoms with E-state index in [4.69, 9.17) is 14.2 Å². The predicted octanol–water partition coefficient (Wildman–Crippen LogP) is 12.2. The van der Waals surface area contributed by atoms with E-state index in [1.807, 2.05) is 0 Å². The van der Waals surface area contributed by atoms with Gasteiger partial charge in [0.1, 0.15) is 12.6 Å². The van der Waals surface area contributed by atoms with Gasteiger partial charge < -0.3 is 28.6 Å². The number of hydrogen-bond acceptors (Lipinski definition) is 7. The van der Waals surface area contributed by atoms with Gasteiger partial charge in [0.2, 0.25) is 0 Å². The van der Waals surface area contributed by atoms with E-state index in [0.29, 0.717) is 12.8 Å². The number of nitrogens with zero attached hydrogens (tertiary/aromatic N) is 1. The van der Waals surface area contributed by atoms with E-state index in [2.05, 4.69) is 86.8 Å². The molecule has 0 aromatic rings. The zero-order valence-electron chi connectivity index (χ0n) is 39.1. The Labute approximate surface area is 368 Å². The van der Waals surface area contributed by atoms with Crippen LogP contribution in [0.2, 0.25) is 0 Å². The minimum atomic E-state index is -1.13. The number of carbonyl (C=O) groups excluding carboxylic acids is 3. The van der Waals surface area contributed by atoms with Gasteiger partial charge in [0.15, 0.2) is 6.10 Å². The van der Waals surface area contributed by atoms with Gasteiger partial charge in [-0.05, 0) is 77.0 Å². The summed E-state index contributed by atoms with van der Waals surface area (Å²) in [4.78, 5) is 36.9. The maximum absolute atomic E-state index is 12.8. The largest absolute Gasteiger partial charge is 0.544 e. The number of rotatable bonds is 42. The summed E-state index contributed by atoms with van der Waals surface area (Å²) in [5, 5.41) is 11.6. The Balaban J connectivity index is 4.38. The zero-order chi connectivity index (χ0) is 44.2. The first-order chi connectivity index (χ1) is 29.1. The number of ether oxygens (including phenoxy) is 3. The molecule has 2 atom stereocenters. The third-order valence-corrected chi connectivity index (χ3v) is 10.3. The summed E-state index contributed by atoms with van der Waals surface area (Å²) < 4.78 is 17.1. The van der Waals surface area contributed by atoms with Crippen molar-refractivity contribution in [1.29, 1.82) is 0 Å². The highest BCUT2D eigenvalue weighted by Crippen LogP contribution is 2.14. The summed E-state index contributed by atoms with van der Waals surface area (Å²) >= 11 is 0. The Morgan fingerprint density at radius 2 is 0.950 bits per heavy atom. The molecule has 0 spiro atoms. The molecular weight excluding hydrogens is 751 g/mol. The molecule has 8 nitrogen and oxygen atoms in total. The topological polar surface area (TPSA) is 102 Å². The fourth-order valence-corrected chi connectivity index (χ4v) is 6.63. The van der Waals surface area contributed by atoms with Crippen molar-refractivity contribution in [3.63, 3.8) is 0 Å². The fraction of sp³-hybridized carbons (Fsp3) is 0.712. The van der Waals surface area contributed by atoms with E-state index in [0.717, 1.165) is 64.2 Å². The van der Waals surface area contributed by atoms with Gasteiger partial charge in [0.25, 0.3) is 0 Å². The van der Waals surface area contributed by atoms with Crippen molar-refractivity contribution in [3.8, 4) is 0 Å². The Bertz CT molecular complexity index is 1210. The molecule has 2 unspecified atom stereocenters. The summed E-state index contributed by atoms with van der Waals surface area (Å²) in [5.74, 6) is -1.81. The second-order valence-electron chi connectivity index (χ2n) is 17.0. The lowest BCUT2D eigenvalue weighted by Crippen LogP contribution is -2.55. The van der Waals surface area contributed by atoms with Crippen LogP contribution in [0.5, 0.6) is 0 Å². The monoisotopic (exact) mass is 840 g/mol. The van der Waals surface area contributed by atoms with Crippen molar-refractivity contribution in [2.24, 2.45) is 0 Å². The van der Waals surface area contributed by atoms with Crippen molar-refractivity contribution in [1.82, 2.24) is 0 Å². The molecule has 0 aliphatic carbocycles. The highest BCUT2D eigenvalue weighted by atomic mass is 16.6. The Hall–Kier alpha value is -3.23. The third kappa shape index (κ3) is 40.2. The van der Waals surface area contributed by atoms with Crippen LogP contribution in [0.15, 0.2) is 72.9 Å². The van der Waals surface area contributed by atoms with E-state index < -0.39 is 18.1 Å². The van der Waals surface area contributed by atoms with Crippen molar-refractivity contribution < 1.29 is 38.2 Å². The molecule has 8 heteroatoms. The molecule has 0 aromatic carbocycles. The standard InChI is InChI=1S/C52H89NO7/c1-6-8-10-12-14-16-18-20-22-24-25-27-29-31-33-35-37-39-41-43-51(55)60-48(46-58-45-44-49(52(56)57)53(3,4)5)47-59-50(54)42-40-38-36-34-32-30-28-26-23-21-19-17-15-13-11-9-7-2/h8,10,14,16,20-23,28,30,34,36,48-49H,6-7,9,11-13,15,17-19,24-27,29,31-33,35,37-47H2,1-5H3/b10-8+,16-14+,22-20+,23-21+,30-28+,36-34+. The summed E-state index contributed by atoms with van der Waals surface area (Å²) in [7, 11) is 5.39. The van der Waals surface area contributed by atoms with Crippen LogP contribution >= 0.6 is 0 Å². The first-order valence-corrected chi connectivity index (χ1v) is 24.0. The first kappa shape index (κ1) is 56.8. The minimum absolute atomic E-state index is 0.0198. The van der Waals surface area contributed by atoms with E-state index in [9.17, 15) is 19.5 Å². The van der Waals surface area contributed by atoms with Crippen molar-refractivity contribution in [2.75, 3.05) is 41.0 Å². The molecule has 0 amide bonds. The van der Waals surface area contributed by atoms with Gasteiger partial charge in [-0.25, -0.2) is 0 Å². The molecule has 0 aliphatic rings. The number of carboxylic acid groups (broad SMARTS) is 1. The van der Waals surface area contributed by atoms with E-state index in [1.165, 1.54) is 83.5 Å². The Morgan fingerprint density at radius 3 is 1.43 bits per heavy atom. The van der Waals surface area contributed by atoms with Crippen LogP contribution in [0.4, 0.5) is 0 Å². The van der Waals surface area contributed by atoms with Crippen molar-refractivity contribution in [3.05, 3.63) is 72.9 Å². The van der Waals surface area contributed by atoms with Gasteiger partial charge in [-0.2, -0.15) is 0 Å². The number of carboxylic acids is 1. The lowest BCUT2D eigenvalue weighted by atomic mass is 10.1. The SMILES string of the molecule is CC/C=C/C/C=C/C/C=C/CCCCCCCCCCCC(=O)OC(COCCC(C(=O)[O-])[N+](C)(C)C)COC(=O)CCC/C=C/C/C=C/C/C=C/CCCCCCCC. The summed E-state index contributed by atoms with van der Waals surface area (Å²) in [6.07, 6.45) is 53.6. The molecule has 0 saturated carbocycles. The molecule has 0 fully saturated rings. The third-order valence-electron chi connectivity index (χ3n) is 10.3. The van der Waals surface area contributed by atoms with Gasteiger partial charge in [0, 0.05) is 19.3 Å². The lowest BCUT2D eigenvalue weighted by molar-refractivity contribution is -0.889. The lowest BCUT2D eigenvalue weighted by Gasteiger charge is -2.34. The van der Waals surface area contributed by atoms with Crippen LogP contribution in [-0.4, -0.2) is 75.5 Å². The Kier molecular flexibility index (Phi) is 40.2. The number of esters is 2. The fourth-order valence-electron chi connectivity index (χ4n) is 6.63. The normalized spacial score (nSPS) is 13.6. The number of aliphatic carboxylic acids is 1. The number of quaternary nitrogens is 1. The van der Waals surface area contributed by atoms with Crippen LogP contribution in [0, 0.1) is 0 Å². The number of allylic oxidation sites excluding steroid dienone is 12. The first-order valence-electron chi connectivity index (χ1n) is 24.0. The predicted molar refractivity (Wildman–Crippen MR) is 249 cm³/mol. The summed E-state index contributed by atoms with van der Waals surface area (Å²) in [5.41, 5.74) is 0. The number of hydrogen-bond donors (Lipinski definition) is 0. The second kappa shape index (κ2) is 42.5. The molecule has 0 aromatic heterocycles. The highest BCUT2D eigenvalue weighted by molar-refractivity contribution is 5.70. The number of likely N-dealkylation sites (N-methyl/N-ethyl adjacent to an activating group) is 1. The van der Waals surface area contributed by atoms with Crippen molar-refractivity contribution in [2.45, 2.75) is 199 Å². The number of carbonyl (C=O) groups is 3. The van der Waals surface area contributed by atoms with E-state index in [-0.39, 0.29) is 49.1 Å². The minimum Gasteiger partial charge on any atom is -0.544 e. The molecule has 0 rings (SSSR count). The van der Waals surface area contributed by atoms with Crippen LogP contribution < -0.4 is 5.11 Å². The average Bonchev–Trinajstić information content (AvgIpc) is 3.21.